The van der Waals surface area contributed by atoms with E-state index in [1.165, 1.54) is 6.08 Å². The van der Waals surface area contributed by atoms with E-state index in [-0.39, 0.29) is 12.2 Å². The molecule has 0 aliphatic carbocycles. The summed E-state index contributed by atoms with van der Waals surface area (Å²) in [5, 5.41) is 11.8. The molecule has 4 rings (SSSR count). The first kappa shape index (κ1) is 21.0. The van der Waals surface area contributed by atoms with Gasteiger partial charge < -0.3 is 10.0 Å². The first-order chi connectivity index (χ1) is 15.0. The van der Waals surface area contributed by atoms with E-state index in [1.807, 2.05) is 60.7 Å². The number of amides is 1. The van der Waals surface area contributed by atoms with Crippen LogP contribution in [0.4, 0.5) is 5.69 Å². The Hall–Kier alpha value is -3.21. The highest BCUT2D eigenvalue weighted by Gasteiger charge is 2.50. The quantitative estimate of drug-likeness (QED) is 0.547. The van der Waals surface area contributed by atoms with Crippen molar-refractivity contribution >= 4 is 35.1 Å². The highest BCUT2D eigenvalue weighted by molar-refractivity contribution is 6.31. The van der Waals surface area contributed by atoms with Crippen LogP contribution in [-0.4, -0.2) is 23.3 Å². The second-order valence-electron chi connectivity index (χ2n) is 7.60. The molecule has 1 N–H and O–H groups in total. The number of fused-ring (bicyclic) bond motifs is 1. The lowest BCUT2D eigenvalue weighted by atomic mass is 9.89. The van der Waals surface area contributed by atoms with E-state index in [2.05, 4.69) is 0 Å². The van der Waals surface area contributed by atoms with Crippen LogP contribution in [0.25, 0.3) is 6.08 Å². The van der Waals surface area contributed by atoms with Crippen molar-refractivity contribution in [2.24, 2.45) is 0 Å². The largest absolute Gasteiger partial charge is 0.375 e. The van der Waals surface area contributed by atoms with Crippen LogP contribution in [0.1, 0.15) is 23.1 Å². The Morgan fingerprint density at radius 2 is 1.68 bits per heavy atom. The van der Waals surface area contributed by atoms with Gasteiger partial charge in [-0.25, -0.2) is 0 Å². The van der Waals surface area contributed by atoms with Gasteiger partial charge in [0.25, 0.3) is 5.91 Å². The smallest absolute Gasteiger partial charge is 0.264 e. The van der Waals surface area contributed by atoms with Crippen molar-refractivity contribution in [3.8, 4) is 0 Å². The fourth-order valence-corrected chi connectivity index (χ4v) is 4.04. The molecule has 3 aromatic rings. The molecule has 156 valence electrons. The number of hydrogen-bond acceptors (Lipinski definition) is 3. The minimum atomic E-state index is -1.94. The van der Waals surface area contributed by atoms with Gasteiger partial charge in [0, 0.05) is 17.1 Å². The van der Waals surface area contributed by atoms with E-state index >= 15 is 0 Å². The van der Waals surface area contributed by atoms with Crippen LogP contribution >= 0.6 is 11.6 Å². The zero-order valence-electron chi connectivity index (χ0n) is 16.9. The van der Waals surface area contributed by atoms with Crippen molar-refractivity contribution in [3.05, 3.63) is 107 Å². The SMILES string of the molecule is O=C(C=Cc1ccccc1)CC1(O)C(=O)N(CCc2ccccc2)c2ccc(Cl)cc21. The van der Waals surface area contributed by atoms with E-state index in [0.29, 0.717) is 29.2 Å². The maximum absolute atomic E-state index is 13.3. The van der Waals surface area contributed by atoms with Gasteiger partial charge in [0.1, 0.15) is 0 Å². The molecule has 5 heteroatoms. The second-order valence-corrected chi connectivity index (χ2v) is 8.04. The molecule has 0 radical (unpaired) electrons. The molecule has 3 aromatic carbocycles. The number of rotatable bonds is 7. The van der Waals surface area contributed by atoms with Crippen molar-refractivity contribution in [1.29, 1.82) is 0 Å². The molecule has 0 spiro atoms. The number of anilines is 1. The summed E-state index contributed by atoms with van der Waals surface area (Å²) in [5.41, 5.74) is 0.985. The van der Waals surface area contributed by atoms with Crippen molar-refractivity contribution in [2.75, 3.05) is 11.4 Å². The van der Waals surface area contributed by atoms with E-state index in [1.54, 1.807) is 29.2 Å². The van der Waals surface area contributed by atoms with E-state index in [9.17, 15) is 14.7 Å². The summed E-state index contributed by atoms with van der Waals surface area (Å²) in [4.78, 5) is 27.5. The molecule has 0 saturated heterocycles. The Balaban J connectivity index is 1.58. The molecule has 1 amide bonds. The average Bonchev–Trinajstić information content (AvgIpc) is 2.98. The summed E-state index contributed by atoms with van der Waals surface area (Å²) in [6.45, 7) is 0.397. The van der Waals surface area contributed by atoms with Crippen molar-refractivity contribution in [2.45, 2.75) is 18.4 Å². The van der Waals surface area contributed by atoms with Crippen molar-refractivity contribution < 1.29 is 14.7 Å². The molecule has 1 atom stereocenters. The number of carbonyl (C=O) groups is 2. The summed E-state index contributed by atoms with van der Waals surface area (Å²) in [7, 11) is 0. The monoisotopic (exact) mass is 431 g/mol. The van der Waals surface area contributed by atoms with Crippen molar-refractivity contribution in [3.63, 3.8) is 0 Å². The van der Waals surface area contributed by atoms with Gasteiger partial charge in [-0.3, -0.25) is 9.59 Å². The Kier molecular flexibility index (Phi) is 6.03. The molecule has 0 fully saturated rings. The van der Waals surface area contributed by atoms with Crippen LogP contribution in [0.15, 0.2) is 84.9 Å². The van der Waals surface area contributed by atoms with E-state index in [0.717, 1.165) is 11.1 Å². The van der Waals surface area contributed by atoms with Gasteiger partial charge in [0.05, 0.1) is 12.1 Å². The third-order valence-electron chi connectivity index (χ3n) is 5.45. The normalized spacial score (nSPS) is 17.9. The molecular weight excluding hydrogens is 410 g/mol. The molecule has 1 aliphatic rings. The van der Waals surface area contributed by atoms with Gasteiger partial charge >= 0.3 is 0 Å². The van der Waals surface area contributed by atoms with Gasteiger partial charge in [-0.05, 0) is 41.8 Å². The molecular formula is C26H22ClNO3. The van der Waals surface area contributed by atoms with Crippen LogP contribution in [0.5, 0.6) is 0 Å². The minimum Gasteiger partial charge on any atom is -0.375 e. The summed E-state index contributed by atoms with van der Waals surface area (Å²) >= 11 is 6.16. The molecule has 4 nitrogen and oxygen atoms in total. The number of carbonyl (C=O) groups excluding carboxylic acids is 2. The number of halogens is 1. The molecule has 31 heavy (non-hydrogen) atoms. The Morgan fingerprint density at radius 3 is 2.39 bits per heavy atom. The van der Waals surface area contributed by atoms with Gasteiger partial charge in [-0.1, -0.05) is 78.3 Å². The lowest BCUT2D eigenvalue weighted by molar-refractivity contribution is -0.140. The summed E-state index contributed by atoms with van der Waals surface area (Å²) in [5.74, 6) is -0.835. The number of hydrogen-bond donors (Lipinski definition) is 1. The van der Waals surface area contributed by atoms with Gasteiger partial charge in [-0.15, -0.1) is 0 Å². The number of ketones is 1. The number of allylic oxidation sites excluding steroid dienone is 1. The first-order valence-electron chi connectivity index (χ1n) is 10.1. The van der Waals surface area contributed by atoms with E-state index in [4.69, 9.17) is 11.6 Å². The van der Waals surface area contributed by atoms with Gasteiger partial charge in [0.15, 0.2) is 11.4 Å². The standard InChI is InChI=1S/C26H22ClNO3/c27-21-12-14-24-23(17-21)26(31,18-22(29)13-11-19-7-3-1-4-8-19)25(30)28(24)16-15-20-9-5-2-6-10-20/h1-14,17,31H,15-16,18H2. The predicted molar refractivity (Wildman–Crippen MR) is 123 cm³/mol. The third kappa shape index (κ3) is 4.46. The molecule has 0 bridgehead atoms. The Labute approximate surface area is 186 Å². The second kappa shape index (κ2) is 8.88. The summed E-state index contributed by atoms with van der Waals surface area (Å²) in [6, 6.07) is 24.2. The maximum atomic E-state index is 13.3. The molecule has 1 aliphatic heterocycles. The number of benzene rings is 3. The minimum absolute atomic E-state index is 0.337. The lowest BCUT2D eigenvalue weighted by Gasteiger charge is -2.22. The average molecular weight is 432 g/mol. The third-order valence-corrected chi connectivity index (χ3v) is 5.69. The molecule has 0 saturated carbocycles. The molecule has 1 unspecified atom stereocenters. The topological polar surface area (TPSA) is 57.6 Å². The van der Waals surface area contributed by atoms with E-state index < -0.39 is 11.5 Å². The summed E-state index contributed by atoms with van der Waals surface area (Å²) < 4.78 is 0. The zero-order chi connectivity index (χ0) is 21.8. The lowest BCUT2D eigenvalue weighted by Crippen LogP contribution is -2.42. The fraction of sp³-hybridized carbons (Fsp3) is 0.154. The maximum Gasteiger partial charge on any atom is 0.264 e. The zero-order valence-corrected chi connectivity index (χ0v) is 17.6. The van der Waals surface area contributed by atoms with Crippen LogP contribution in [0.2, 0.25) is 5.02 Å². The van der Waals surface area contributed by atoms with Crippen LogP contribution in [0, 0.1) is 0 Å². The number of nitrogens with zero attached hydrogens (tertiary/aromatic N) is 1. The van der Waals surface area contributed by atoms with Crippen LogP contribution in [-0.2, 0) is 21.6 Å². The fourth-order valence-electron chi connectivity index (χ4n) is 3.87. The Morgan fingerprint density at radius 1 is 1.00 bits per heavy atom. The first-order valence-corrected chi connectivity index (χ1v) is 10.5. The van der Waals surface area contributed by atoms with Crippen LogP contribution in [0.3, 0.4) is 0 Å². The molecule has 0 aromatic heterocycles. The summed E-state index contributed by atoms with van der Waals surface area (Å²) in [6.07, 6.45) is 3.37. The van der Waals surface area contributed by atoms with Crippen LogP contribution < -0.4 is 4.90 Å². The van der Waals surface area contributed by atoms with Crippen molar-refractivity contribution in [1.82, 2.24) is 0 Å². The highest BCUT2D eigenvalue weighted by Crippen LogP contribution is 2.43. The molecule has 1 heterocycles. The van der Waals surface area contributed by atoms with Gasteiger partial charge in [0.2, 0.25) is 0 Å². The number of aliphatic hydroxyl groups is 1. The highest BCUT2D eigenvalue weighted by atomic mass is 35.5. The Bertz CT molecular complexity index is 1130. The van der Waals surface area contributed by atoms with Gasteiger partial charge in [-0.2, -0.15) is 0 Å². The predicted octanol–water partition coefficient (Wildman–Crippen LogP) is 4.79.